The van der Waals surface area contributed by atoms with Crippen molar-refractivity contribution in [3.05, 3.63) is 63.3 Å². The third kappa shape index (κ3) is 1.70. The number of hydrogen-bond donors (Lipinski definition) is 0. The van der Waals surface area contributed by atoms with Crippen LogP contribution in [0.4, 0.5) is 0 Å². The zero-order chi connectivity index (χ0) is 13.7. The lowest BCUT2D eigenvalue weighted by molar-refractivity contribution is 0.913. The first kappa shape index (κ1) is 11.8. The Bertz CT molecular complexity index is 837. The Morgan fingerprint density at radius 3 is 2.90 bits per heavy atom. The molecule has 1 aliphatic carbocycles. The van der Waals surface area contributed by atoms with Crippen molar-refractivity contribution < 1.29 is 0 Å². The predicted molar refractivity (Wildman–Crippen MR) is 78.4 cm³/mol. The molecule has 0 amide bonds. The van der Waals surface area contributed by atoms with Crippen molar-refractivity contribution >= 4 is 16.3 Å². The molecule has 0 radical (unpaired) electrons. The molecule has 1 fully saturated rings. The summed E-state index contributed by atoms with van der Waals surface area (Å²) in [7, 11) is 0. The van der Waals surface area contributed by atoms with Gasteiger partial charge in [0.05, 0.1) is 5.69 Å². The van der Waals surface area contributed by atoms with Crippen LogP contribution in [-0.2, 0) is 0 Å². The van der Waals surface area contributed by atoms with Gasteiger partial charge in [-0.3, -0.25) is 14.2 Å². The molecule has 3 aromatic rings. The Morgan fingerprint density at radius 2 is 2.10 bits per heavy atom. The number of thiazole rings is 1. The first-order chi connectivity index (χ1) is 9.75. The van der Waals surface area contributed by atoms with Crippen LogP contribution in [0.25, 0.3) is 4.96 Å². The number of aromatic nitrogens is 3. The Morgan fingerprint density at radius 1 is 1.30 bits per heavy atom. The van der Waals surface area contributed by atoms with Gasteiger partial charge in [0.2, 0.25) is 0 Å². The minimum atomic E-state index is 0.0617. The molecule has 2 atom stereocenters. The molecule has 1 saturated carbocycles. The van der Waals surface area contributed by atoms with Gasteiger partial charge in [0, 0.05) is 35.5 Å². The van der Waals surface area contributed by atoms with E-state index in [0.717, 1.165) is 22.6 Å². The topological polar surface area (TPSA) is 47.3 Å². The molecule has 0 aliphatic heterocycles. The highest BCUT2D eigenvalue weighted by atomic mass is 32.1. The van der Waals surface area contributed by atoms with Crippen LogP contribution in [0.15, 0.2) is 40.9 Å². The highest BCUT2D eigenvalue weighted by Gasteiger charge is 2.42. The second-order valence-corrected chi connectivity index (χ2v) is 6.09. The van der Waals surface area contributed by atoms with Gasteiger partial charge in [0.1, 0.15) is 0 Å². The quantitative estimate of drug-likeness (QED) is 0.726. The molecule has 100 valence electrons. The van der Waals surface area contributed by atoms with Crippen molar-refractivity contribution in [3.8, 4) is 0 Å². The van der Waals surface area contributed by atoms with Gasteiger partial charge in [-0.2, -0.15) is 0 Å². The maximum absolute atomic E-state index is 12.3. The van der Waals surface area contributed by atoms with E-state index in [1.807, 2.05) is 24.7 Å². The fourth-order valence-corrected chi connectivity index (χ4v) is 3.53. The summed E-state index contributed by atoms with van der Waals surface area (Å²) in [4.78, 5) is 21.8. The fraction of sp³-hybridized carbons (Fsp3) is 0.267. The van der Waals surface area contributed by atoms with Crippen molar-refractivity contribution in [3.63, 3.8) is 0 Å². The average molecular weight is 283 g/mol. The molecule has 5 heteroatoms. The fourth-order valence-electron chi connectivity index (χ4n) is 2.82. The largest absolute Gasteiger partial charge is 0.269 e. The van der Waals surface area contributed by atoms with Crippen molar-refractivity contribution in [2.75, 3.05) is 0 Å². The Balaban J connectivity index is 1.77. The van der Waals surface area contributed by atoms with E-state index in [2.05, 4.69) is 17.1 Å². The molecule has 4 rings (SSSR count). The minimum Gasteiger partial charge on any atom is -0.269 e. The van der Waals surface area contributed by atoms with Gasteiger partial charge in [-0.05, 0) is 37.0 Å². The van der Waals surface area contributed by atoms with E-state index in [-0.39, 0.29) is 5.56 Å². The van der Waals surface area contributed by atoms with Crippen molar-refractivity contribution in [1.29, 1.82) is 0 Å². The number of rotatable bonds is 2. The summed E-state index contributed by atoms with van der Waals surface area (Å²) >= 11 is 1.51. The first-order valence-electron chi connectivity index (χ1n) is 6.62. The molecular formula is C15H13N3OS. The second-order valence-electron chi connectivity index (χ2n) is 5.21. The lowest BCUT2D eigenvalue weighted by Crippen LogP contribution is -2.18. The van der Waals surface area contributed by atoms with Gasteiger partial charge in [0.25, 0.3) is 5.56 Å². The van der Waals surface area contributed by atoms with Gasteiger partial charge in [-0.25, -0.2) is 4.98 Å². The van der Waals surface area contributed by atoms with Crippen LogP contribution in [0, 0.1) is 6.92 Å². The molecule has 3 aromatic heterocycles. The van der Waals surface area contributed by atoms with Crippen LogP contribution in [0.5, 0.6) is 0 Å². The van der Waals surface area contributed by atoms with E-state index >= 15 is 0 Å². The molecule has 4 nitrogen and oxygen atoms in total. The number of fused-ring (bicyclic) bond motifs is 1. The molecule has 0 bridgehead atoms. The van der Waals surface area contributed by atoms with Gasteiger partial charge in [0.15, 0.2) is 4.96 Å². The lowest BCUT2D eigenvalue weighted by Gasteiger charge is -2.05. The van der Waals surface area contributed by atoms with Crippen LogP contribution in [0.2, 0.25) is 0 Å². The number of nitrogens with zero attached hydrogens (tertiary/aromatic N) is 3. The maximum atomic E-state index is 12.3. The third-order valence-corrected chi connectivity index (χ3v) is 4.76. The van der Waals surface area contributed by atoms with Crippen LogP contribution < -0.4 is 5.56 Å². The monoisotopic (exact) mass is 283 g/mol. The van der Waals surface area contributed by atoms with Crippen LogP contribution >= 0.6 is 11.3 Å². The van der Waals surface area contributed by atoms with Crippen LogP contribution in [0.1, 0.15) is 35.1 Å². The van der Waals surface area contributed by atoms with Gasteiger partial charge in [-0.15, -0.1) is 11.3 Å². The molecule has 0 aromatic carbocycles. The summed E-state index contributed by atoms with van der Waals surface area (Å²) in [6, 6.07) is 4.10. The smallest absolute Gasteiger partial charge is 0.261 e. The number of pyridine rings is 1. The van der Waals surface area contributed by atoms with Crippen LogP contribution in [0.3, 0.4) is 0 Å². The Hall–Kier alpha value is -2.01. The van der Waals surface area contributed by atoms with Gasteiger partial charge < -0.3 is 0 Å². The number of hydrogen-bond acceptors (Lipinski definition) is 4. The SMILES string of the molecule is Cc1c([C@@H]2C[C@H]2c2ccncc2)nc2sccn2c1=O. The normalized spacial score (nSPS) is 21.2. The zero-order valence-corrected chi connectivity index (χ0v) is 11.8. The maximum Gasteiger partial charge on any atom is 0.261 e. The summed E-state index contributed by atoms with van der Waals surface area (Å²) in [6.07, 6.45) is 6.50. The minimum absolute atomic E-state index is 0.0617. The van der Waals surface area contributed by atoms with E-state index in [1.165, 1.54) is 16.9 Å². The highest BCUT2D eigenvalue weighted by molar-refractivity contribution is 7.15. The van der Waals surface area contributed by atoms with Crippen molar-refractivity contribution in [1.82, 2.24) is 14.4 Å². The summed E-state index contributed by atoms with van der Waals surface area (Å²) in [6.45, 7) is 1.89. The predicted octanol–water partition coefficient (Wildman–Crippen LogP) is 2.73. The molecule has 0 spiro atoms. The van der Waals surface area contributed by atoms with E-state index < -0.39 is 0 Å². The lowest BCUT2D eigenvalue weighted by atomic mass is 10.1. The summed E-state index contributed by atoms with van der Waals surface area (Å²) in [5.74, 6) is 0.850. The molecule has 20 heavy (non-hydrogen) atoms. The van der Waals surface area contributed by atoms with E-state index in [1.54, 1.807) is 10.6 Å². The van der Waals surface area contributed by atoms with E-state index in [0.29, 0.717) is 11.8 Å². The Labute approximate surface area is 119 Å². The molecule has 0 unspecified atom stereocenters. The summed E-state index contributed by atoms with van der Waals surface area (Å²) < 4.78 is 1.63. The summed E-state index contributed by atoms with van der Waals surface area (Å²) in [5.41, 5.74) is 3.10. The molecule has 3 heterocycles. The Kier molecular flexibility index (Phi) is 2.50. The highest BCUT2D eigenvalue weighted by Crippen LogP contribution is 2.54. The zero-order valence-electron chi connectivity index (χ0n) is 11.0. The molecular weight excluding hydrogens is 270 g/mol. The summed E-state index contributed by atoms with van der Waals surface area (Å²) in [5, 5.41) is 1.90. The molecule has 0 saturated heterocycles. The van der Waals surface area contributed by atoms with Crippen molar-refractivity contribution in [2.24, 2.45) is 0 Å². The average Bonchev–Trinajstić information content (AvgIpc) is 3.13. The molecule has 0 N–H and O–H groups in total. The third-order valence-electron chi connectivity index (χ3n) is 4.01. The second kappa shape index (κ2) is 4.24. The van der Waals surface area contributed by atoms with Crippen LogP contribution in [-0.4, -0.2) is 14.4 Å². The first-order valence-corrected chi connectivity index (χ1v) is 7.50. The van der Waals surface area contributed by atoms with Crippen molar-refractivity contribution in [2.45, 2.75) is 25.2 Å². The van der Waals surface area contributed by atoms with E-state index in [9.17, 15) is 4.79 Å². The standard InChI is InChI=1S/C15H13N3OS/c1-9-13(17-15-18(14(9)19)6-7-20-15)12-8-11(12)10-2-4-16-5-3-10/h2-7,11-12H,8H2,1H3/t11-,12+/m0/s1. The van der Waals surface area contributed by atoms with Gasteiger partial charge in [-0.1, -0.05) is 0 Å². The van der Waals surface area contributed by atoms with Gasteiger partial charge >= 0.3 is 0 Å². The molecule has 1 aliphatic rings. The van der Waals surface area contributed by atoms with E-state index in [4.69, 9.17) is 4.98 Å².